The fourth-order valence-electron chi connectivity index (χ4n) is 3.71. The standard InChI is InChI=1S/C22H30N2O2S/c1-17-4-7-21(8-5-17)16-24-12-10-20(11-13-24)15-23-27(25,26)22-9-6-18(2)14-19(22)3/h4-9,14,20,23H,10-13,15-16H2,1-3H3. The van der Waals surface area contributed by atoms with Crippen LogP contribution in [0, 0.1) is 26.7 Å². The molecular formula is C22H30N2O2S. The molecule has 0 bridgehead atoms. The van der Waals surface area contributed by atoms with Crippen molar-refractivity contribution in [2.24, 2.45) is 5.92 Å². The highest BCUT2D eigenvalue weighted by Gasteiger charge is 2.22. The van der Waals surface area contributed by atoms with Gasteiger partial charge in [-0.2, -0.15) is 0 Å². The topological polar surface area (TPSA) is 49.4 Å². The Kier molecular flexibility index (Phi) is 6.35. The number of hydrogen-bond donors (Lipinski definition) is 1. The summed E-state index contributed by atoms with van der Waals surface area (Å²) in [5, 5.41) is 0. The van der Waals surface area contributed by atoms with Gasteiger partial charge in [0.2, 0.25) is 10.0 Å². The van der Waals surface area contributed by atoms with Gasteiger partial charge >= 0.3 is 0 Å². The number of sulfonamides is 1. The van der Waals surface area contributed by atoms with Gasteiger partial charge in [0.05, 0.1) is 4.90 Å². The van der Waals surface area contributed by atoms with Gasteiger partial charge < -0.3 is 0 Å². The maximum absolute atomic E-state index is 12.6. The van der Waals surface area contributed by atoms with Crippen molar-refractivity contribution in [3.63, 3.8) is 0 Å². The zero-order chi connectivity index (χ0) is 19.4. The van der Waals surface area contributed by atoms with Gasteiger partial charge in [-0.25, -0.2) is 13.1 Å². The highest BCUT2D eigenvalue weighted by molar-refractivity contribution is 7.89. The van der Waals surface area contributed by atoms with Crippen LogP contribution in [0.4, 0.5) is 0 Å². The van der Waals surface area contributed by atoms with Gasteiger partial charge in [0.15, 0.2) is 0 Å². The van der Waals surface area contributed by atoms with E-state index in [1.165, 1.54) is 11.1 Å². The lowest BCUT2D eigenvalue weighted by Gasteiger charge is -2.32. The van der Waals surface area contributed by atoms with E-state index in [-0.39, 0.29) is 0 Å². The second kappa shape index (κ2) is 8.55. The van der Waals surface area contributed by atoms with E-state index < -0.39 is 10.0 Å². The lowest BCUT2D eigenvalue weighted by molar-refractivity contribution is 0.178. The summed E-state index contributed by atoms with van der Waals surface area (Å²) < 4.78 is 28.1. The van der Waals surface area contributed by atoms with Crippen LogP contribution in [0.3, 0.4) is 0 Å². The molecule has 0 atom stereocenters. The molecular weight excluding hydrogens is 356 g/mol. The van der Waals surface area contributed by atoms with E-state index in [9.17, 15) is 8.42 Å². The van der Waals surface area contributed by atoms with E-state index >= 15 is 0 Å². The van der Waals surface area contributed by atoms with Gasteiger partial charge in [0.1, 0.15) is 0 Å². The fourth-order valence-corrected chi connectivity index (χ4v) is 5.05. The third kappa shape index (κ3) is 5.41. The Morgan fingerprint density at radius 3 is 2.22 bits per heavy atom. The molecule has 4 nitrogen and oxygen atoms in total. The molecule has 5 heteroatoms. The van der Waals surface area contributed by atoms with Gasteiger partial charge in [-0.15, -0.1) is 0 Å². The number of nitrogens with one attached hydrogen (secondary N) is 1. The molecule has 1 N–H and O–H groups in total. The predicted octanol–water partition coefficient (Wildman–Crippen LogP) is 3.80. The van der Waals surface area contributed by atoms with Crippen LogP contribution < -0.4 is 4.72 Å². The van der Waals surface area contributed by atoms with Gasteiger partial charge in [-0.3, -0.25) is 4.90 Å². The fraction of sp³-hybridized carbons (Fsp3) is 0.455. The van der Waals surface area contributed by atoms with Crippen LogP contribution in [-0.4, -0.2) is 33.0 Å². The molecule has 2 aromatic carbocycles. The van der Waals surface area contributed by atoms with E-state index in [1.54, 1.807) is 6.07 Å². The molecule has 0 saturated carbocycles. The molecule has 1 saturated heterocycles. The van der Waals surface area contributed by atoms with Crippen molar-refractivity contribution in [3.05, 3.63) is 64.7 Å². The number of hydrogen-bond acceptors (Lipinski definition) is 3. The number of aryl methyl sites for hydroxylation is 3. The predicted molar refractivity (Wildman–Crippen MR) is 110 cm³/mol. The van der Waals surface area contributed by atoms with E-state index in [4.69, 9.17) is 0 Å². The van der Waals surface area contributed by atoms with Gasteiger partial charge in [-0.05, 0) is 69.8 Å². The minimum absolute atomic E-state index is 0.393. The van der Waals surface area contributed by atoms with E-state index in [0.29, 0.717) is 17.4 Å². The van der Waals surface area contributed by atoms with Gasteiger partial charge in [0, 0.05) is 13.1 Å². The molecule has 0 aliphatic carbocycles. The molecule has 0 aromatic heterocycles. The summed E-state index contributed by atoms with van der Waals surface area (Å²) in [5.74, 6) is 0.403. The minimum atomic E-state index is -3.44. The normalized spacial score (nSPS) is 16.6. The summed E-state index contributed by atoms with van der Waals surface area (Å²) in [4.78, 5) is 2.85. The molecule has 146 valence electrons. The first-order valence-corrected chi connectivity index (χ1v) is 11.2. The molecule has 1 aliphatic rings. The lowest BCUT2D eigenvalue weighted by atomic mass is 9.97. The Balaban J connectivity index is 1.49. The Morgan fingerprint density at radius 2 is 1.59 bits per heavy atom. The zero-order valence-electron chi connectivity index (χ0n) is 16.5. The average molecular weight is 387 g/mol. The van der Waals surface area contributed by atoms with Crippen molar-refractivity contribution in [1.82, 2.24) is 9.62 Å². The number of piperidine rings is 1. The van der Waals surface area contributed by atoms with Crippen molar-refractivity contribution in [2.45, 2.75) is 45.1 Å². The molecule has 0 unspecified atom stereocenters. The average Bonchev–Trinajstić information content (AvgIpc) is 2.63. The van der Waals surface area contributed by atoms with Crippen LogP contribution in [0.25, 0.3) is 0 Å². The van der Waals surface area contributed by atoms with Crippen molar-refractivity contribution in [3.8, 4) is 0 Å². The number of rotatable bonds is 6. The summed E-state index contributed by atoms with van der Waals surface area (Å²) >= 11 is 0. The largest absolute Gasteiger partial charge is 0.299 e. The molecule has 0 radical (unpaired) electrons. The van der Waals surface area contributed by atoms with Crippen LogP contribution in [0.5, 0.6) is 0 Å². The molecule has 3 rings (SSSR count). The summed E-state index contributed by atoms with van der Waals surface area (Å²) in [5.41, 5.74) is 4.51. The van der Waals surface area contributed by atoms with Crippen LogP contribution in [0.2, 0.25) is 0 Å². The number of benzene rings is 2. The zero-order valence-corrected chi connectivity index (χ0v) is 17.3. The summed E-state index contributed by atoms with van der Waals surface area (Å²) in [7, 11) is -3.44. The SMILES string of the molecule is Cc1ccc(CN2CCC(CNS(=O)(=O)c3ccc(C)cc3C)CC2)cc1. The van der Waals surface area contributed by atoms with Crippen molar-refractivity contribution in [1.29, 1.82) is 0 Å². The van der Waals surface area contributed by atoms with Gasteiger partial charge in [-0.1, -0.05) is 47.5 Å². The first-order valence-electron chi connectivity index (χ1n) is 9.68. The van der Waals surface area contributed by atoms with Crippen molar-refractivity contribution >= 4 is 10.0 Å². The van der Waals surface area contributed by atoms with E-state index in [1.807, 2.05) is 26.0 Å². The Morgan fingerprint density at radius 1 is 0.963 bits per heavy atom. The maximum Gasteiger partial charge on any atom is 0.240 e. The third-order valence-corrected chi connectivity index (χ3v) is 7.00. The maximum atomic E-state index is 12.6. The number of nitrogens with zero attached hydrogens (tertiary/aromatic N) is 1. The van der Waals surface area contributed by atoms with E-state index in [2.05, 4.69) is 40.8 Å². The molecule has 0 spiro atoms. The van der Waals surface area contributed by atoms with Gasteiger partial charge in [0.25, 0.3) is 0 Å². The summed E-state index contributed by atoms with van der Waals surface area (Å²) in [6, 6.07) is 14.2. The molecule has 27 heavy (non-hydrogen) atoms. The highest BCUT2D eigenvalue weighted by atomic mass is 32.2. The van der Waals surface area contributed by atoms with Crippen molar-refractivity contribution in [2.75, 3.05) is 19.6 Å². The second-order valence-electron chi connectivity index (χ2n) is 7.83. The molecule has 1 heterocycles. The molecule has 1 aliphatic heterocycles. The second-order valence-corrected chi connectivity index (χ2v) is 9.56. The summed E-state index contributed by atoms with van der Waals surface area (Å²) in [6.45, 7) is 9.46. The highest BCUT2D eigenvalue weighted by Crippen LogP contribution is 2.21. The first-order chi connectivity index (χ1) is 12.8. The summed E-state index contributed by atoms with van der Waals surface area (Å²) in [6.07, 6.45) is 2.06. The monoisotopic (exact) mass is 386 g/mol. The van der Waals surface area contributed by atoms with E-state index in [0.717, 1.165) is 43.6 Å². The van der Waals surface area contributed by atoms with Crippen LogP contribution in [0.15, 0.2) is 47.4 Å². The van der Waals surface area contributed by atoms with Crippen LogP contribution >= 0.6 is 0 Å². The minimum Gasteiger partial charge on any atom is -0.299 e. The Bertz CT molecular complexity index is 868. The first kappa shape index (κ1) is 20.1. The number of likely N-dealkylation sites (tertiary alicyclic amines) is 1. The van der Waals surface area contributed by atoms with Crippen LogP contribution in [-0.2, 0) is 16.6 Å². The molecule has 2 aromatic rings. The van der Waals surface area contributed by atoms with Crippen molar-refractivity contribution < 1.29 is 8.42 Å². The smallest absolute Gasteiger partial charge is 0.240 e. The Hall–Kier alpha value is -1.69. The molecule has 1 fully saturated rings. The van der Waals surface area contributed by atoms with Crippen LogP contribution in [0.1, 0.15) is 35.1 Å². The molecule has 0 amide bonds. The Labute approximate surface area is 163 Å². The quantitative estimate of drug-likeness (QED) is 0.821. The third-order valence-electron chi connectivity index (χ3n) is 5.42. The lowest BCUT2D eigenvalue weighted by Crippen LogP contribution is -2.38.